The summed E-state index contributed by atoms with van der Waals surface area (Å²) >= 11 is 8.14. The zero-order valence-electron chi connectivity index (χ0n) is 11.5. The molecule has 0 amide bonds. The first kappa shape index (κ1) is 15.2. The quantitative estimate of drug-likeness (QED) is 0.604. The first-order valence-corrected chi connectivity index (χ1v) is 7.86. The van der Waals surface area contributed by atoms with E-state index in [0.29, 0.717) is 27.2 Å². The fraction of sp³-hybridized carbons (Fsp3) is 0.0625. The summed E-state index contributed by atoms with van der Waals surface area (Å²) in [6.45, 7) is 0. The summed E-state index contributed by atoms with van der Waals surface area (Å²) < 4.78 is 6.07. The van der Waals surface area contributed by atoms with Crippen LogP contribution in [0.25, 0.3) is 22.0 Å². The maximum atomic E-state index is 12.4. The highest BCUT2D eigenvalue weighted by molar-refractivity contribution is 14.1. The molecule has 0 saturated carbocycles. The molecule has 2 N–H and O–H groups in total. The number of para-hydroxylation sites is 1. The lowest BCUT2D eigenvalue weighted by Gasteiger charge is -2.11. The minimum Gasteiger partial charge on any atom is -0.506 e. The molecule has 22 heavy (non-hydrogen) atoms. The van der Waals surface area contributed by atoms with Gasteiger partial charge in [-0.25, -0.2) is 0 Å². The summed E-state index contributed by atoms with van der Waals surface area (Å²) in [5, 5.41) is 11.7. The first-order valence-electron chi connectivity index (χ1n) is 6.40. The molecule has 3 aromatic rings. The van der Waals surface area contributed by atoms with Gasteiger partial charge in [0.05, 0.1) is 23.2 Å². The summed E-state index contributed by atoms with van der Waals surface area (Å²) in [6.07, 6.45) is 0. The first-order chi connectivity index (χ1) is 10.5. The lowest BCUT2D eigenvalue weighted by molar-refractivity contribution is 0.415. The molecule has 0 aliphatic carbocycles. The molecule has 0 aliphatic rings. The summed E-state index contributed by atoms with van der Waals surface area (Å²) in [7, 11) is 1.52. The van der Waals surface area contributed by atoms with Crippen LogP contribution in [0, 0.1) is 3.57 Å². The summed E-state index contributed by atoms with van der Waals surface area (Å²) in [5.74, 6) is 0.434. The van der Waals surface area contributed by atoms with Crippen LogP contribution in [0.3, 0.4) is 0 Å². The number of fused-ring (bicyclic) bond motifs is 1. The van der Waals surface area contributed by atoms with Gasteiger partial charge in [0, 0.05) is 14.5 Å². The molecule has 4 nitrogen and oxygen atoms in total. The van der Waals surface area contributed by atoms with Gasteiger partial charge in [-0.2, -0.15) is 0 Å². The van der Waals surface area contributed by atoms with Crippen molar-refractivity contribution in [3.8, 4) is 22.6 Å². The van der Waals surface area contributed by atoms with Crippen LogP contribution in [-0.2, 0) is 0 Å². The molecule has 0 radical (unpaired) electrons. The number of pyridine rings is 1. The maximum Gasteiger partial charge on any atom is 0.260 e. The van der Waals surface area contributed by atoms with E-state index in [0.717, 1.165) is 3.57 Å². The molecular weight excluding hydrogens is 417 g/mol. The van der Waals surface area contributed by atoms with Gasteiger partial charge >= 0.3 is 0 Å². The molecule has 0 spiro atoms. The molecule has 0 fully saturated rings. The zero-order valence-corrected chi connectivity index (χ0v) is 14.4. The summed E-state index contributed by atoms with van der Waals surface area (Å²) in [6, 6.07) is 10.4. The van der Waals surface area contributed by atoms with Crippen molar-refractivity contribution < 1.29 is 9.84 Å². The van der Waals surface area contributed by atoms with Crippen molar-refractivity contribution in [2.45, 2.75) is 0 Å². The fourth-order valence-corrected chi connectivity index (χ4v) is 3.01. The van der Waals surface area contributed by atoms with Gasteiger partial charge in [0.15, 0.2) is 0 Å². The second kappa shape index (κ2) is 5.81. The molecule has 0 unspecified atom stereocenters. The Kier molecular flexibility index (Phi) is 4.01. The highest BCUT2D eigenvalue weighted by Crippen LogP contribution is 2.38. The van der Waals surface area contributed by atoms with Crippen molar-refractivity contribution in [3.63, 3.8) is 0 Å². The fourth-order valence-electron chi connectivity index (χ4n) is 2.37. The van der Waals surface area contributed by atoms with Gasteiger partial charge in [0.1, 0.15) is 11.5 Å². The highest BCUT2D eigenvalue weighted by atomic mass is 127. The van der Waals surface area contributed by atoms with E-state index in [2.05, 4.69) is 27.6 Å². The smallest absolute Gasteiger partial charge is 0.260 e. The Balaban J connectivity index is 2.40. The number of aromatic nitrogens is 1. The second-order valence-electron chi connectivity index (χ2n) is 4.69. The number of H-pyrrole nitrogens is 1. The van der Waals surface area contributed by atoms with Crippen molar-refractivity contribution in [1.29, 1.82) is 0 Å². The molecule has 112 valence electrons. The number of aromatic hydroxyl groups is 1. The molecule has 1 aromatic heterocycles. The third-order valence-electron chi connectivity index (χ3n) is 3.40. The highest BCUT2D eigenvalue weighted by Gasteiger charge is 2.18. The van der Waals surface area contributed by atoms with E-state index in [1.807, 2.05) is 0 Å². The van der Waals surface area contributed by atoms with Gasteiger partial charge in [-0.3, -0.25) is 4.79 Å². The Morgan fingerprint density at radius 3 is 2.73 bits per heavy atom. The third-order valence-corrected chi connectivity index (χ3v) is 4.93. The second-order valence-corrected chi connectivity index (χ2v) is 6.26. The number of ether oxygens (including phenoxy) is 1. The van der Waals surface area contributed by atoms with E-state index in [1.54, 1.807) is 36.4 Å². The van der Waals surface area contributed by atoms with E-state index >= 15 is 0 Å². The Morgan fingerprint density at radius 2 is 2.00 bits per heavy atom. The van der Waals surface area contributed by atoms with E-state index in [-0.39, 0.29) is 11.3 Å². The normalized spacial score (nSPS) is 10.9. The van der Waals surface area contributed by atoms with E-state index in [4.69, 9.17) is 16.3 Å². The third kappa shape index (κ3) is 2.44. The van der Waals surface area contributed by atoms with Crippen LogP contribution in [0.5, 0.6) is 11.5 Å². The molecule has 1 heterocycles. The molecule has 0 bridgehead atoms. The van der Waals surface area contributed by atoms with Crippen molar-refractivity contribution in [2.24, 2.45) is 0 Å². The van der Waals surface area contributed by atoms with Gasteiger partial charge in [0.25, 0.3) is 5.56 Å². The predicted octanol–water partition coefficient (Wildman–Crippen LogP) is 4.17. The van der Waals surface area contributed by atoms with Crippen LogP contribution in [0.1, 0.15) is 0 Å². The number of nitrogens with one attached hydrogen (secondary N) is 1. The van der Waals surface area contributed by atoms with Gasteiger partial charge in [0.2, 0.25) is 0 Å². The topological polar surface area (TPSA) is 62.3 Å². The summed E-state index contributed by atoms with van der Waals surface area (Å²) in [5.41, 5.74) is 0.817. The van der Waals surface area contributed by atoms with E-state index in [1.165, 1.54) is 7.11 Å². The minimum atomic E-state index is -0.397. The van der Waals surface area contributed by atoms with Crippen molar-refractivity contribution >= 4 is 45.1 Å². The Labute approximate surface area is 144 Å². The van der Waals surface area contributed by atoms with Crippen LogP contribution in [0.2, 0.25) is 5.02 Å². The van der Waals surface area contributed by atoms with Gasteiger partial charge in [-0.15, -0.1) is 0 Å². The van der Waals surface area contributed by atoms with Crippen LogP contribution >= 0.6 is 34.2 Å². The van der Waals surface area contributed by atoms with Gasteiger partial charge in [-0.05, 0) is 40.8 Å². The molecule has 6 heteroatoms. The number of aromatic amines is 1. The molecule has 0 atom stereocenters. The average Bonchev–Trinajstić information content (AvgIpc) is 2.50. The van der Waals surface area contributed by atoms with Crippen LogP contribution in [0.4, 0.5) is 0 Å². The van der Waals surface area contributed by atoms with Crippen molar-refractivity contribution in [1.82, 2.24) is 4.98 Å². The van der Waals surface area contributed by atoms with Gasteiger partial charge in [-0.1, -0.05) is 29.8 Å². The van der Waals surface area contributed by atoms with E-state index in [9.17, 15) is 9.90 Å². The van der Waals surface area contributed by atoms with Crippen LogP contribution < -0.4 is 10.3 Å². The number of hydrogen-bond donors (Lipinski definition) is 2. The predicted molar refractivity (Wildman–Crippen MR) is 95.9 cm³/mol. The number of halogens is 2. The number of rotatable bonds is 2. The standard InChI is InChI=1S/C16H11ClINO3/c1-22-13-5-3-2-4-8(13)14-15(20)9-6-11(18)10(17)7-12(9)19-16(14)21/h2-7H,1H3,(H2,19,20,21). The Bertz CT molecular complexity index is 937. The largest absolute Gasteiger partial charge is 0.506 e. The summed E-state index contributed by atoms with van der Waals surface area (Å²) in [4.78, 5) is 15.2. The van der Waals surface area contributed by atoms with Crippen molar-refractivity contribution in [3.05, 3.63) is 55.3 Å². The van der Waals surface area contributed by atoms with Gasteiger partial charge < -0.3 is 14.8 Å². The molecule has 2 aromatic carbocycles. The number of methoxy groups -OCH3 is 1. The lowest BCUT2D eigenvalue weighted by Crippen LogP contribution is -2.10. The molecule has 0 aliphatic heterocycles. The SMILES string of the molecule is COc1ccccc1-c1c(O)c2cc(I)c(Cl)cc2[nH]c1=O. The van der Waals surface area contributed by atoms with Crippen LogP contribution in [0.15, 0.2) is 41.2 Å². The monoisotopic (exact) mass is 427 g/mol. The number of benzene rings is 2. The Hall–Kier alpha value is -1.73. The number of hydrogen-bond acceptors (Lipinski definition) is 3. The van der Waals surface area contributed by atoms with Crippen molar-refractivity contribution in [2.75, 3.05) is 7.11 Å². The molecule has 0 saturated heterocycles. The maximum absolute atomic E-state index is 12.4. The van der Waals surface area contributed by atoms with Crippen LogP contribution in [-0.4, -0.2) is 17.2 Å². The zero-order chi connectivity index (χ0) is 15.9. The average molecular weight is 428 g/mol. The Morgan fingerprint density at radius 1 is 1.27 bits per heavy atom. The van der Waals surface area contributed by atoms with E-state index < -0.39 is 5.56 Å². The lowest BCUT2D eigenvalue weighted by atomic mass is 10.0. The molecule has 3 rings (SSSR count). The molecular formula is C16H11ClINO3. The minimum absolute atomic E-state index is 0.0853.